The van der Waals surface area contributed by atoms with Crippen LogP contribution in [0.4, 0.5) is 0 Å². The molecular formula is C8H16O2S. The van der Waals surface area contributed by atoms with Gasteiger partial charge in [-0.05, 0) is 18.8 Å². The number of hydrogen-bond acceptors (Lipinski definition) is 3. The Kier molecular flexibility index (Phi) is 6.42. The molecule has 0 aromatic rings. The summed E-state index contributed by atoms with van der Waals surface area (Å²) in [4.78, 5) is 10.6. The van der Waals surface area contributed by atoms with Crippen molar-refractivity contribution in [3.63, 3.8) is 0 Å². The number of carbonyl (C=O) groups excluding carboxylic acids is 1. The van der Waals surface area contributed by atoms with Gasteiger partial charge in [0.25, 0.3) is 0 Å². The lowest BCUT2D eigenvalue weighted by molar-refractivity contribution is -0.140. The topological polar surface area (TPSA) is 26.3 Å². The maximum Gasteiger partial charge on any atom is 0.315 e. The number of thiol groups is 1. The first-order valence-electron chi connectivity index (χ1n) is 3.93. The third kappa shape index (κ3) is 7.72. The highest BCUT2D eigenvalue weighted by Crippen LogP contribution is 2.03. The highest BCUT2D eigenvalue weighted by Gasteiger charge is 1.98. The molecule has 0 bridgehead atoms. The van der Waals surface area contributed by atoms with E-state index in [1.54, 1.807) is 0 Å². The van der Waals surface area contributed by atoms with Gasteiger partial charge in [0, 0.05) is 0 Å². The molecule has 3 heteroatoms. The maximum atomic E-state index is 10.6. The SMILES string of the molecule is CC(C)CCCOC(=O)CS. The fourth-order valence-electron chi connectivity index (χ4n) is 0.723. The van der Waals surface area contributed by atoms with E-state index >= 15 is 0 Å². The van der Waals surface area contributed by atoms with E-state index in [-0.39, 0.29) is 11.7 Å². The van der Waals surface area contributed by atoms with Crippen molar-refractivity contribution in [1.82, 2.24) is 0 Å². The summed E-state index contributed by atoms with van der Waals surface area (Å²) in [5, 5.41) is 0. The van der Waals surface area contributed by atoms with Crippen LogP contribution in [0.3, 0.4) is 0 Å². The molecule has 0 N–H and O–H groups in total. The number of ether oxygens (including phenoxy) is 1. The Balaban J connectivity index is 3.08. The van der Waals surface area contributed by atoms with Crippen LogP contribution < -0.4 is 0 Å². The van der Waals surface area contributed by atoms with Crippen LogP contribution in [-0.2, 0) is 9.53 Å². The molecule has 11 heavy (non-hydrogen) atoms. The molecule has 0 saturated carbocycles. The Bertz CT molecular complexity index is 113. The molecule has 0 fully saturated rings. The highest BCUT2D eigenvalue weighted by molar-refractivity contribution is 7.81. The fourth-order valence-corrected chi connectivity index (χ4v) is 0.815. The second-order valence-electron chi connectivity index (χ2n) is 2.91. The summed E-state index contributed by atoms with van der Waals surface area (Å²) in [5.41, 5.74) is 0. The minimum absolute atomic E-state index is 0.182. The molecule has 0 aromatic carbocycles. The van der Waals surface area contributed by atoms with Crippen molar-refractivity contribution in [2.75, 3.05) is 12.4 Å². The van der Waals surface area contributed by atoms with Crippen molar-refractivity contribution in [2.45, 2.75) is 26.7 Å². The molecule has 0 rings (SSSR count). The molecule has 0 amide bonds. The molecule has 0 aliphatic rings. The molecule has 66 valence electrons. The van der Waals surface area contributed by atoms with Gasteiger partial charge in [0.1, 0.15) is 0 Å². The number of hydrogen-bond donors (Lipinski definition) is 1. The van der Waals surface area contributed by atoms with Crippen molar-refractivity contribution >= 4 is 18.6 Å². The first-order chi connectivity index (χ1) is 5.16. The number of carbonyl (C=O) groups is 1. The third-order valence-corrected chi connectivity index (χ3v) is 1.58. The van der Waals surface area contributed by atoms with Crippen LogP contribution in [0.25, 0.3) is 0 Å². The van der Waals surface area contributed by atoms with Crippen LogP contribution in [0.2, 0.25) is 0 Å². The predicted molar refractivity (Wildman–Crippen MR) is 48.9 cm³/mol. The molecule has 0 aliphatic heterocycles. The van der Waals surface area contributed by atoms with E-state index in [1.165, 1.54) is 0 Å². The summed E-state index contributed by atoms with van der Waals surface area (Å²) < 4.78 is 4.83. The average molecular weight is 176 g/mol. The Labute approximate surface area is 73.7 Å². The minimum Gasteiger partial charge on any atom is -0.465 e. The molecule has 0 spiro atoms. The van der Waals surface area contributed by atoms with Gasteiger partial charge in [0.2, 0.25) is 0 Å². The van der Waals surface area contributed by atoms with Gasteiger partial charge in [-0.3, -0.25) is 4.79 Å². The van der Waals surface area contributed by atoms with Gasteiger partial charge in [-0.25, -0.2) is 0 Å². The lowest BCUT2D eigenvalue weighted by Crippen LogP contribution is -2.07. The molecule has 0 saturated heterocycles. The van der Waals surface area contributed by atoms with Gasteiger partial charge < -0.3 is 4.74 Å². The van der Waals surface area contributed by atoms with Crippen LogP contribution in [-0.4, -0.2) is 18.3 Å². The average Bonchev–Trinajstić information content (AvgIpc) is 1.97. The molecule has 0 heterocycles. The summed E-state index contributed by atoms with van der Waals surface area (Å²) in [5.74, 6) is 0.642. The monoisotopic (exact) mass is 176 g/mol. The zero-order chi connectivity index (χ0) is 8.69. The highest BCUT2D eigenvalue weighted by atomic mass is 32.1. The molecule has 2 nitrogen and oxygen atoms in total. The molecular weight excluding hydrogens is 160 g/mol. The minimum atomic E-state index is -0.225. The Morgan fingerprint density at radius 3 is 2.64 bits per heavy atom. The van der Waals surface area contributed by atoms with E-state index in [0.29, 0.717) is 12.5 Å². The smallest absolute Gasteiger partial charge is 0.315 e. The van der Waals surface area contributed by atoms with Crippen LogP contribution in [0, 0.1) is 5.92 Å². The first-order valence-corrected chi connectivity index (χ1v) is 4.56. The predicted octanol–water partition coefficient (Wildman–Crippen LogP) is 1.90. The molecule has 0 unspecified atom stereocenters. The van der Waals surface area contributed by atoms with Crippen molar-refractivity contribution in [3.05, 3.63) is 0 Å². The van der Waals surface area contributed by atoms with Gasteiger partial charge >= 0.3 is 5.97 Å². The standard InChI is InChI=1S/C8H16O2S/c1-7(2)4-3-5-10-8(9)6-11/h7,11H,3-6H2,1-2H3. The summed E-state index contributed by atoms with van der Waals surface area (Å²) in [6.45, 7) is 4.85. The normalized spacial score (nSPS) is 10.2. The van der Waals surface area contributed by atoms with Gasteiger partial charge in [-0.1, -0.05) is 13.8 Å². The Morgan fingerprint density at radius 1 is 1.55 bits per heavy atom. The summed E-state index contributed by atoms with van der Waals surface area (Å²) in [7, 11) is 0. The largest absolute Gasteiger partial charge is 0.465 e. The second kappa shape index (κ2) is 6.53. The number of esters is 1. The summed E-state index contributed by atoms with van der Waals surface area (Å²) in [6, 6.07) is 0. The van der Waals surface area contributed by atoms with E-state index in [0.717, 1.165) is 12.8 Å². The first kappa shape index (κ1) is 10.8. The van der Waals surface area contributed by atoms with Gasteiger partial charge in [-0.15, -0.1) is 0 Å². The van der Waals surface area contributed by atoms with Crippen LogP contribution in [0.5, 0.6) is 0 Å². The number of rotatable bonds is 5. The van der Waals surface area contributed by atoms with E-state index in [2.05, 4.69) is 26.5 Å². The van der Waals surface area contributed by atoms with Crippen molar-refractivity contribution in [2.24, 2.45) is 5.92 Å². The molecule has 0 aliphatic carbocycles. The lowest BCUT2D eigenvalue weighted by atomic mass is 10.1. The molecule has 0 aromatic heterocycles. The zero-order valence-electron chi connectivity index (χ0n) is 7.17. The van der Waals surface area contributed by atoms with Crippen molar-refractivity contribution < 1.29 is 9.53 Å². The summed E-state index contributed by atoms with van der Waals surface area (Å²) in [6.07, 6.45) is 2.07. The summed E-state index contributed by atoms with van der Waals surface area (Å²) >= 11 is 3.78. The molecule has 0 radical (unpaired) electrons. The van der Waals surface area contributed by atoms with Crippen LogP contribution >= 0.6 is 12.6 Å². The van der Waals surface area contributed by atoms with E-state index in [4.69, 9.17) is 4.74 Å². The fraction of sp³-hybridized carbons (Fsp3) is 0.875. The van der Waals surface area contributed by atoms with Gasteiger partial charge in [0.05, 0.1) is 12.4 Å². The maximum absolute atomic E-state index is 10.6. The zero-order valence-corrected chi connectivity index (χ0v) is 8.06. The van der Waals surface area contributed by atoms with E-state index < -0.39 is 0 Å². The Hall–Kier alpha value is -0.180. The van der Waals surface area contributed by atoms with E-state index in [9.17, 15) is 4.79 Å². The lowest BCUT2D eigenvalue weighted by Gasteiger charge is -2.04. The van der Waals surface area contributed by atoms with Crippen LogP contribution in [0.1, 0.15) is 26.7 Å². The molecule has 0 atom stereocenters. The third-order valence-electron chi connectivity index (χ3n) is 1.32. The Morgan fingerprint density at radius 2 is 2.18 bits per heavy atom. The second-order valence-corrected chi connectivity index (χ2v) is 3.23. The van der Waals surface area contributed by atoms with Crippen molar-refractivity contribution in [3.8, 4) is 0 Å². The van der Waals surface area contributed by atoms with Crippen LogP contribution in [0.15, 0.2) is 0 Å². The van der Waals surface area contributed by atoms with Gasteiger partial charge in [0.15, 0.2) is 0 Å². The van der Waals surface area contributed by atoms with E-state index in [1.807, 2.05) is 0 Å². The quantitative estimate of drug-likeness (QED) is 0.393. The van der Waals surface area contributed by atoms with Gasteiger partial charge in [-0.2, -0.15) is 12.6 Å². The van der Waals surface area contributed by atoms with Crippen molar-refractivity contribution in [1.29, 1.82) is 0 Å².